The first-order chi connectivity index (χ1) is 7.48. The van der Waals surface area contributed by atoms with Crippen LogP contribution in [0.2, 0.25) is 10.0 Å². The molecule has 2 N–H and O–H groups in total. The Hall–Kier alpha value is -0.440. The number of nitrogens with two attached hydrogens (primary N) is 1. The molecule has 0 saturated heterocycles. The second kappa shape index (κ2) is 4.10. The van der Waals surface area contributed by atoms with Gasteiger partial charge in [-0.05, 0) is 30.4 Å². The van der Waals surface area contributed by atoms with Crippen LogP contribution in [0.5, 0.6) is 5.75 Å². The van der Waals surface area contributed by atoms with E-state index in [2.05, 4.69) is 6.92 Å². The van der Waals surface area contributed by atoms with E-state index in [1.54, 1.807) is 13.2 Å². The molecule has 0 aromatic heterocycles. The molecular weight excluding hydrogens is 245 g/mol. The van der Waals surface area contributed by atoms with Gasteiger partial charge >= 0.3 is 0 Å². The second-order valence-corrected chi connectivity index (χ2v) is 5.49. The summed E-state index contributed by atoms with van der Waals surface area (Å²) in [5, 5.41) is 1.12. The number of hydrogen-bond acceptors (Lipinski definition) is 2. The average Bonchev–Trinajstić information content (AvgIpc) is 2.95. The molecule has 1 saturated carbocycles. The molecule has 0 spiro atoms. The third kappa shape index (κ3) is 2.02. The lowest BCUT2D eigenvalue weighted by atomic mass is 9.92. The molecular formula is C12H15Cl2NO. The summed E-state index contributed by atoms with van der Waals surface area (Å²) in [4.78, 5) is 0. The van der Waals surface area contributed by atoms with Crippen LogP contribution in [0.25, 0.3) is 0 Å². The summed E-state index contributed by atoms with van der Waals surface area (Å²) < 4.78 is 5.30. The van der Waals surface area contributed by atoms with Gasteiger partial charge < -0.3 is 10.5 Å². The Balaban J connectivity index is 2.46. The van der Waals surface area contributed by atoms with Crippen molar-refractivity contribution >= 4 is 23.2 Å². The predicted molar refractivity (Wildman–Crippen MR) is 67.3 cm³/mol. The summed E-state index contributed by atoms with van der Waals surface area (Å²) in [5.74, 6) is 0.645. The molecule has 1 aliphatic rings. The Morgan fingerprint density at radius 2 is 2.00 bits per heavy atom. The minimum Gasteiger partial charge on any atom is -0.495 e. The van der Waals surface area contributed by atoms with Crippen LogP contribution >= 0.6 is 23.2 Å². The van der Waals surface area contributed by atoms with E-state index >= 15 is 0 Å². The molecule has 1 atom stereocenters. The third-order valence-corrected chi connectivity index (χ3v) is 3.86. The summed E-state index contributed by atoms with van der Waals surface area (Å²) in [6, 6.07) is 3.45. The van der Waals surface area contributed by atoms with Gasteiger partial charge in [0.2, 0.25) is 0 Å². The average molecular weight is 260 g/mol. The van der Waals surface area contributed by atoms with Gasteiger partial charge in [-0.1, -0.05) is 30.1 Å². The van der Waals surface area contributed by atoms with Crippen molar-refractivity contribution in [1.82, 2.24) is 0 Å². The van der Waals surface area contributed by atoms with Gasteiger partial charge in [-0.15, -0.1) is 0 Å². The predicted octanol–water partition coefficient (Wildman–Crippen LogP) is 3.80. The van der Waals surface area contributed by atoms with Crippen molar-refractivity contribution in [2.75, 3.05) is 7.11 Å². The Bertz CT molecular complexity index is 416. The molecule has 1 aromatic carbocycles. The van der Waals surface area contributed by atoms with Gasteiger partial charge in [0.15, 0.2) is 0 Å². The fourth-order valence-corrected chi connectivity index (χ4v) is 2.50. The van der Waals surface area contributed by atoms with Crippen LogP contribution in [-0.2, 0) is 0 Å². The summed E-state index contributed by atoms with van der Waals surface area (Å²) in [5.41, 5.74) is 7.32. The van der Waals surface area contributed by atoms with Gasteiger partial charge in [0.05, 0.1) is 12.1 Å². The van der Waals surface area contributed by atoms with Crippen LogP contribution < -0.4 is 10.5 Å². The lowest BCUT2D eigenvalue weighted by molar-refractivity contribution is 0.385. The number of benzene rings is 1. The van der Waals surface area contributed by atoms with Gasteiger partial charge in [-0.3, -0.25) is 0 Å². The van der Waals surface area contributed by atoms with Crippen molar-refractivity contribution in [2.24, 2.45) is 11.1 Å². The van der Waals surface area contributed by atoms with E-state index in [-0.39, 0.29) is 11.5 Å². The standard InChI is InChI=1S/C12H15Cl2NO/c1-12(3-4-12)11(15)8-5-7(13)6-9(14)10(8)16-2/h5-6,11H,3-4,15H2,1-2H3. The fourth-order valence-electron chi connectivity index (χ4n) is 1.91. The molecule has 1 aromatic rings. The third-order valence-electron chi connectivity index (χ3n) is 3.37. The van der Waals surface area contributed by atoms with E-state index in [1.165, 1.54) is 0 Å². The summed E-state index contributed by atoms with van der Waals surface area (Å²) in [6.07, 6.45) is 2.28. The molecule has 1 fully saturated rings. The molecule has 88 valence electrons. The van der Waals surface area contributed by atoms with Crippen molar-refractivity contribution in [3.63, 3.8) is 0 Å². The second-order valence-electron chi connectivity index (χ2n) is 4.64. The molecule has 2 rings (SSSR count). The van der Waals surface area contributed by atoms with Crippen LogP contribution in [0.3, 0.4) is 0 Å². The van der Waals surface area contributed by atoms with E-state index in [0.717, 1.165) is 18.4 Å². The maximum Gasteiger partial charge on any atom is 0.142 e. The van der Waals surface area contributed by atoms with Gasteiger partial charge in [0, 0.05) is 16.6 Å². The minimum absolute atomic E-state index is 0.0707. The largest absolute Gasteiger partial charge is 0.495 e. The van der Waals surface area contributed by atoms with E-state index < -0.39 is 0 Å². The van der Waals surface area contributed by atoms with Crippen LogP contribution in [0.4, 0.5) is 0 Å². The van der Waals surface area contributed by atoms with Crippen LogP contribution in [0, 0.1) is 5.41 Å². The van der Waals surface area contributed by atoms with Crippen molar-refractivity contribution in [3.8, 4) is 5.75 Å². The highest BCUT2D eigenvalue weighted by atomic mass is 35.5. The number of rotatable bonds is 3. The van der Waals surface area contributed by atoms with Gasteiger partial charge in [-0.2, -0.15) is 0 Å². The molecule has 1 unspecified atom stereocenters. The van der Waals surface area contributed by atoms with Gasteiger partial charge in [-0.25, -0.2) is 0 Å². The smallest absolute Gasteiger partial charge is 0.142 e. The van der Waals surface area contributed by atoms with E-state index in [4.69, 9.17) is 33.7 Å². The number of halogens is 2. The molecule has 1 aliphatic carbocycles. The molecule has 2 nitrogen and oxygen atoms in total. The van der Waals surface area contributed by atoms with Crippen molar-refractivity contribution < 1.29 is 4.74 Å². The fraction of sp³-hybridized carbons (Fsp3) is 0.500. The van der Waals surface area contributed by atoms with Gasteiger partial charge in [0.1, 0.15) is 5.75 Å². The first-order valence-corrected chi connectivity index (χ1v) is 6.02. The lowest BCUT2D eigenvalue weighted by Gasteiger charge is -2.22. The van der Waals surface area contributed by atoms with Gasteiger partial charge in [0.25, 0.3) is 0 Å². The normalized spacial score (nSPS) is 19.3. The van der Waals surface area contributed by atoms with Crippen molar-refractivity contribution in [1.29, 1.82) is 0 Å². The Kier molecular flexibility index (Phi) is 3.08. The topological polar surface area (TPSA) is 35.2 Å². The zero-order valence-electron chi connectivity index (χ0n) is 9.39. The zero-order valence-corrected chi connectivity index (χ0v) is 10.9. The Morgan fingerprint density at radius 3 is 2.50 bits per heavy atom. The first kappa shape index (κ1) is 12.0. The molecule has 16 heavy (non-hydrogen) atoms. The summed E-state index contributed by atoms with van der Waals surface area (Å²) >= 11 is 12.1. The van der Waals surface area contributed by atoms with Crippen LogP contribution in [0.15, 0.2) is 12.1 Å². The number of methoxy groups -OCH3 is 1. The van der Waals surface area contributed by atoms with Crippen molar-refractivity contribution in [3.05, 3.63) is 27.7 Å². The maximum atomic E-state index is 6.25. The number of hydrogen-bond donors (Lipinski definition) is 1. The van der Waals surface area contributed by atoms with E-state index in [1.807, 2.05) is 6.07 Å². The minimum atomic E-state index is -0.0707. The van der Waals surface area contributed by atoms with E-state index in [0.29, 0.717) is 15.8 Å². The SMILES string of the molecule is COc1c(Cl)cc(Cl)cc1C(N)C1(C)CC1. The molecule has 0 amide bonds. The van der Waals surface area contributed by atoms with Crippen molar-refractivity contribution in [2.45, 2.75) is 25.8 Å². The van der Waals surface area contributed by atoms with E-state index in [9.17, 15) is 0 Å². The van der Waals surface area contributed by atoms with Crippen LogP contribution in [-0.4, -0.2) is 7.11 Å². The highest BCUT2D eigenvalue weighted by Crippen LogP contribution is 2.55. The number of ether oxygens (including phenoxy) is 1. The monoisotopic (exact) mass is 259 g/mol. The summed E-state index contributed by atoms with van der Waals surface area (Å²) in [6.45, 7) is 2.17. The quantitative estimate of drug-likeness (QED) is 0.897. The molecule has 0 aliphatic heterocycles. The molecule has 0 radical (unpaired) electrons. The zero-order chi connectivity index (χ0) is 11.9. The Labute approximate surface area is 106 Å². The lowest BCUT2D eigenvalue weighted by Crippen LogP contribution is -2.21. The highest BCUT2D eigenvalue weighted by molar-refractivity contribution is 6.35. The molecule has 0 bridgehead atoms. The maximum absolute atomic E-state index is 6.25. The Morgan fingerprint density at radius 1 is 1.38 bits per heavy atom. The first-order valence-electron chi connectivity index (χ1n) is 5.26. The highest BCUT2D eigenvalue weighted by Gasteiger charge is 2.44. The molecule has 0 heterocycles. The van der Waals surface area contributed by atoms with Crippen LogP contribution in [0.1, 0.15) is 31.4 Å². The summed E-state index contributed by atoms with van der Waals surface area (Å²) in [7, 11) is 1.60. The molecule has 4 heteroatoms.